The van der Waals surface area contributed by atoms with Gasteiger partial charge in [-0.1, -0.05) is 0 Å². The van der Waals surface area contributed by atoms with Gasteiger partial charge in [-0.15, -0.1) is 15.0 Å². The number of rotatable bonds is 1. The summed E-state index contributed by atoms with van der Waals surface area (Å²) in [6.45, 7) is 0. The van der Waals surface area contributed by atoms with E-state index < -0.39 is 0 Å². The average molecular weight is 199 g/mol. The minimum Gasteiger partial charge on any atom is -0.351 e. The molecule has 0 spiro atoms. The van der Waals surface area contributed by atoms with Crippen molar-refractivity contribution in [2.45, 2.75) is 0 Å². The molecule has 2 heterocycles. The topological polar surface area (TPSA) is 48.5 Å². The van der Waals surface area contributed by atoms with Gasteiger partial charge in [0.05, 0.1) is 5.69 Å². The molecule has 74 valence electrons. The highest BCUT2D eigenvalue weighted by atomic mass is 15.6. The van der Waals surface area contributed by atoms with Crippen molar-refractivity contribution in [2.75, 3.05) is 0 Å². The fourth-order valence-electron chi connectivity index (χ4n) is 1.68. The van der Waals surface area contributed by atoms with Gasteiger partial charge in [0, 0.05) is 24.1 Å². The monoisotopic (exact) mass is 199 g/mol. The number of hydrogen-bond donors (Lipinski definition) is 0. The zero-order valence-electron chi connectivity index (χ0n) is 8.20. The van der Waals surface area contributed by atoms with Gasteiger partial charge in [-0.2, -0.15) is 0 Å². The van der Waals surface area contributed by atoms with Crippen LogP contribution < -0.4 is 0 Å². The molecule has 0 atom stereocenters. The summed E-state index contributed by atoms with van der Waals surface area (Å²) in [6.07, 6.45) is 3.46. The largest absolute Gasteiger partial charge is 0.351 e. The van der Waals surface area contributed by atoms with Gasteiger partial charge < -0.3 is 4.57 Å². The van der Waals surface area contributed by atoms with Crippen molar-refractivity contribution < 1.29 is 0 Å². The van der Waals surface area contributed by atoms with Gasteiger partial charge in [0.15, 0.2) is 6.33 Å². The Kier molecular flexibility index (Phi) is 1.58. The van der Waals surface area contributed by atoms with Crippen LogP contribution in [-0.4, -0.2) is 24.8 Å². The fraction of sp³-hybridized carbons (Fsp3) is 0.100. The fourth-order valence-corrected chi connectivity index (χ4v) is 1.68. The molecule has 5 heteroatoms. The smallest absolute Gasteiger partial charge is 0.162 e. The number of fused-ring (bicyclic) bond motifs is 1. The number of nitrogens with zero attached hydrogens (tertiary/aromatic N) is 5. The van der Waals surface area contributed by atoms with Gasteiger partial charge in [0.25, 0.3) is 0 Å². The molecule has 0 radical (unpaired) electrons. The standard InChI is InChI=1S/C10H9N5/c1-14-5-4-8-6-9(2-3-10(8)14)15-12-7-11-13-15/h2-7H,1H3. The molecule has 0 aliphatic heterocycles. The van der Waals surface area contributed by atoms with E-state index in [1.165, 1.54) is 22.0 Å². The molecule has 0 amide bonds. The van der Waals surface area contributed by atoms with Crippen LogP contribution in [0, 0.1) is 0 Å². The van der Waals surface area contributed by atoms with Crippen molar-refractivity contribution >= 4 is 10.9 Å². The molecule has 15 heavy (non-hydrogen) atoms. The van der Waals surface area contributed by atoms with Crippen LogP contribution >= 0.6 is 0 Å². The molecule has 0 unspecified atom stereocenters. The van der Waals surface area contributed by atoms with Crippen molar-refractivity contribution in [1.82, 2.24) is 24.8 Å². The van der Waals surface area contributed by atoms with Crippen LogP contribution in [0.5, 0.6) is 0 Å². The maximum absolute atomic E-state index is 3.99. The molecular weight excluding hydrogens is 190 g/mol. The van der Waals surface area contributed by atoms with E-state index in [1.54, 1.807) is 0 Å². The molecule has 0 aliphatic rings. The molecule has 0 aliphatic carbocycles. The van der Waals surface area contributed by atoms with Gasteiger partial charge in [0.2, 0.25) is 0 Å². The molecule has 2 aromatic heterocycles. The van der Waals surface area contributed by atoms with Gasteiger partial charge in [0.1, 0.15) is 0 Å². The van der Waals surface area contributed by atoms with E-state index in [0.717, 1.165) is 5.69 Å². The second-order valence-corrected chi connectivity index (χ2v) is 3.40. The van der Waals surface area contributed by atoms with Gasteiger partial charge in [-0.05, 0) is 29.5 Å². The van der Waals surface area contributed by atoms with Gasteiger partial charge >= 0.3 is 0 Å². The predicted octanol–water partition coefficient (Wildman–Crippen LogP) is 1.15. The third-order valence-corrected chi connectivity index (χ3v) is 2.45. The van der Waals surface area contributed by atoms with E-state index in [4.69, 9.17) is 0 Å². The molecule has 5 nitrogen and oxygen atoms in total. The van der Waals surface area contributed by atoms with Crippen LogP contribution in [0.2, 0.25) is 0 Å². The highest BCUT2D eigenvalue weighted by molar-refractivity contribution is 5.82. The summed E-state index contributed by atoms with van der Waals surface area (Å²) in [5.74, 6) is 0. The highest BCUT2D eigenvalue weighted by Gasteiger charge is 2.02. The zero-order chi connectivity index (χ0) is 10.3. The normalized spacial score (nSPS) is 11.0. The number of benzene rings is 1. The Morgan fingerprint density at radius 1 is 1.20 bits per heavy atom. The number of aryl methyl sites for hydroxylation is 1. The summed E-state index contributed by atoms with van der Waals surface area (Å²) in [7, 11) is 2.02. The van der Waals surface area contributed by atoms with E-state index in [9.17, 15) is 0 Å². The molecule has 0 bridgehead atoms. The van der Waals surface area contributed by atoms with Crippen LogP contribution in [0.3, 0.4) is 0 Å². The Labute approximate surface area is 85.9 Å². The molecule has 0 saturated heterocycles. The average Bonchev–Trinajstić information content (AvgIpc) is 2.88. The lowest BCUT2D eigenvalue weighted by Crippen LogP contribution is -1.98. The molecule has 0 fully saturated rings. The third kappa shape index (κ3) is 1.20. The number of hydrogen-bond acceptors (Lipinski definition) is 3. The summed E-state index contributed by atoms with van der Waals surface area (Å²) in [5, 5.41) is 12.7. The molecule has 1 aromatic carbocycles. The minimum atomic E-state index is 0.922. The van der Waals surface area contributed by atoms with Crippen LogP contribution in [0.15, 0.2) is 36.8 Å². The second-order valence-electron chi connectivity index (χ2n) is 3.40. The Morgan fingerprint density at radius 3 is 2.93 bits per heavy atom. The summed E-state index contributed by atoms with van der Waals surface area (Å²) < 4.78 is 2.08. The Bertz CT molecular complexity index is 593. The Morgan fingerprint density at radius 2 is 2.13 bits per heavy atom. The first-order valence-electron chi connectivity index (χ1n) is 4.63. The van der Waals surface area contributed by atoms with Gasteiger partial charge in [-0.25, -0.2) is 0 Å². The summed E-state index contributed by atoms with van der Waals surface area (Å²) >= 11 is 0. The lowest BCUT2D eigenvalue weighted by molar-refractivity contribution is 0.720. The lowest BCUT2D eigenvalue weighted by Gasteiger charge is -1.99. The molecule has 3 rings (SSSR count). The first-order valence-corrected chi connectivity index (χ1v) is 4.63. The van der Waals surface area contributed by atoms with Crippen molar-refractivity contribution in [2.24, 2.45) is 7.05 Å². The molecule has 3 aromatic rings. The predicted molar refractivity (Wildman–Crippen MR) is 55.6 cm³/mol. The van der Waals surface area contributed by atoms with Crippen LogP contribution in [0.25, 0.3) is 16.6 Å². The van der Waals surface area contributed by atoms with E-state index >= 15 is 0 Å². The first-order chi connectivity index (χ1) is 7.34. The zero-order valence-corrected chi connectivity index (χ0v) is 8.20. The summed E-state index contributed by atoms with van der Waals surface area (Å²) in [4.78, 5) is 1.51. The highest BCUT2D eigenvalue weighted by Crippen LogP contribution is 2.17. The summed E-state index contributed by atoms with van der Waals surface area (Å²) in [5.41, 5.74) is 2.12. The van der Waals surface area contributed by atoms with Crippen LogP contribution in [0.1, 0.15) is 0 Å². The quantitative estimate of drug-likeness (QED) is 0.590. The Balaban J connectivity index is 2.23. The first kappa shape index (κ1) is 8.16. The van der Waals surface area contributed by atoms with Crippen molar-refractivity contribution in [3.8, 4) is 5.69 Å². The maximum Gasteiger partial charge on any atom is 0.162 e. The number of aromatic nitrogens is 5. The minimum absolute atomic E-state index is 0.922. The van der Waals surface area contributed by atoms with E-state index in [1.807, 2.05) is 31.4 Å². The van der Waals surface area contributed by atoms with Crippen LogP contribution in [0.4, 0.5) is 0 Å². The van der Waals surface area contributed by atoms with Crippen molar-refractivity contribution in [1.29, 1.82) is 0 Å². The maximum atomic E-state index is 3.99. The molecule has 0 saturated carbocycles. The van der Waals surface area contributed by atoms with Gasteiger partial charge in [-0.3, -0.25) is 0 Å². The van der Waals surface area contributed by atoms with Crippen molar-refractivity contribution in [3.63, 3.8) is 0 Å². The SMILES string of the molecule is Cn1ccc2cc(-n3ncnn3)ccc21. The summed E-state index contributed by atoms with van der Waals surface area (Å²) in [6, 6.07) is 8.13. The second kappa shape index (κ2) is 2.91. The van der Waals surface area contributed by atoms with Crippen LogP contribution in [-0.2, 0) is 7.05 Å². The number of tetrazole rings is 1. The van der Waals surface area contributed by atoms with Crippen molar-refractivity contribution in [3.05, 3.63) is 36.8 Å². The molecular formula is C10H9N5. The Hall–Kier alpha value is -2.17. The molecule has 0 N–H and O–H groups in total. The third-order valence-electron chi connectivity index (χ3n) is 2.45. The van der Waals surface area contributed by atoms with E-state index in [0.29, 0.717) is 0 Å². The van der Waals surface area contributed by atoms with E-state index in [2.05, 4.69) is 26.0 Å². The van der Waals surface area contributed by atoms with E-state index in [-0.39, 0.29) is 0 Å². The lowest BCUT2D eigenvalue weighted by atomic mass is 10.2.